The highest BCUT2D eigenvalue weighted by Crippen LogP contribution is 2.37. The number of hydrogen-bond donors (Lipinski definition) is 2. The van der Waals surface area contributed by atoms with Crippen LogP contribution in [0.25, 0.3) is 0 Å². The van der Waals surface area contributed by atoms with Gasteiger partial charge in [-0.1, -0.05) is 24.6 Å². The summed E-state index contributed by atoms with van der Waals surface area (Å²) in [4.78, 5) is 29.1. The molecule has 0 bridgehead atoms. The fourth-order valence-electron chi connectivity index (χ4n) is 3.40. The van der Waals surface area contributed by atoms with Gasteiger partial charge in [0.15, 0.2) is 0 Å². The number of nitrogens with one attached hydrogen (secondary N) is 1. The molecule has 1 aliphatic heterocycles. The maximum atomic E-state index is 12.4. The van der Waals surface area contributed by atoms with Gasteiger partial charge in [0.25, 0.3) is 5.91 Å². The molecule has 0 radical (unpaired) electrons. The molecule has 0 saturated heterocycles. The monoisotopic (exact) mass is 417 g/mol. The van der Waals surface area contributed by atoms with Crippen LogP contribution < -0.4 is 11.1 Å². The molecule has 1 aliphatic rings. The van der Waals surface area contributed by atoms with E-state index in [1.54, 1.807) is 11.8 Å². The number of thiophene rings is 1. The molecule has 150 valence electrons. The van der Waals surface area contributed by atoms with Crippen molar-refractivity contribution in [1.82, 2.24) is 4.90 Å². The number of anilines is 1. The number of aryl methyl sites for hydroxylation is 1. The highest BCUT2D eigenvalue weighted by Gasteiger charge is 2.27. The van der Waals surface area contributed by atoms with Gasteiger partial charge in [-0.2, -0.15) is 0 Å². The Morgan fingerprint density at radius 1 is 1.29 bits per heavy atom. The lowest BCUT2D eigenvalue weighted by Gasteiger charge is -2.26. The molecular weight excluding hydrogens is 390 g/mol. The van der Waals surface area contributed by atoms with Crippen LogP contribution in [0, 0.1) is 6.92 Å². The second kappa shape index (κ2) is 9.58. The lowest BCUT2D eigenvalue weighted by Crippen LogP contribution is -2.31. The SMILES string of the molecule is CCCN1CCc2c(sc(NC(=O)CCSc3ccc(C)cc3)c2C(N)=O)C1. The summed E-state index contributed by atoms with van der Waals surface area (Å²) < 4.78 is 0. The van der Waals surface area contributed by atoms with E-state index >= 15 is 0 Å². The van der Waals surface area contributed by atoms with Crippen LogP contribution in [0.15, 0.2) is 29.2 Å². The molecule has 1 aromatic carbocycles. The number of fused-ring (bicyclic) bond motifs is 1. The normalized spacial score (nSPS) is 13.9. The molecule has 2 amide bonds. The summed E-state index contributed by atoms with van der Waals surface area (Å²) in [6.45, 7) is 7.02. The lowest BCUT2D eigenvalue weighted by atomic mass is 10.0. The number of thioether (sulfide) groups is 1. The lowest BCUT2D eigenvalue weighted by molar-refractivity contribution is -0.115. The van der Waals surface area contributed by atoms with E-state index in [0.717, 1.165) is 47.8 Å². The minimum atomic E-state index is -0.453. The van der Waals surface area contributed by atoms with E-state index in [4.69, 9.17) is 5.73 Å². The van der Waals surface area contributed by atoms with Crippen molar-refractivity contribution in [1.29, 1.82) is 0 Å². The first kappa shape index (κ1) is 20.9. The molecule has 0 aliphatic carbocycles. The predicted molar refractivity (Wildman–Crippen MR) is 117 cm³/mol. The van der Waals surface area contributed by atoms with Crippen LogP contribution in [0.3, 0.4) is 0 Å². The van der Waals surface area contributed by atoms with Gasteiger partial charge in [0.05, 0.1) is 5.56 Å². The van der Waals surface area contributed by atoms with Crippen molar-refractivity contribution in [3.05, 3.63) is 45.8 Å². The number of amides is 2. The fraction of sp³-hybridized carbons (Fsp3) is 0.429. The predicted octanol–water partition coefficient (Wildman–Crippen LogP) is 4.04. The molecule has 0 saturated carbocycles. The first-order chi connectivity index (χ1) is 13.5. The summed E-state index contributed by atoms with van der Waals surface area (Å²) in [7, 11) is 0. The van der Waals surface area contributed by atoms with Crippen molar-refractivity contribution in [2.24, 2.45) is 5.73 Å². The number of primary amides is 1. The van der Waals surface area contributed by atoms with Crippen LogP contribution in [0.1, 0.15) is 46.1 Å². The van der Waals surface area contributed by atoms with Crippen molar-refractivity contribution in [3.8, 4) is 0 Å². The van der Waals surface area contributed by atoms with Gasteiger partial charge in [-0.15, -0.1) is 23.1 Å². The zero-order valence-electron chi connectivity index (χ0n) is 16.4. The summed E-state index contributed by atoms with van der Waals surface area (Å²) in [6.07, 6.45) is 2.30. The molecule has 3 rings (SSSR count). The third-order valence-electron chi connectivity index (χ3n) is 4.79. The molecule has 0 atom stereocenters. The van der Waals surface area contributed by atoms with Crippen LogP contribution >= 0.6 is 23.1 Å². The minimum Gasteiger partial charge on any atom is -0.365 e. The molecule has 7 heteroatoms. The van der Waals surface area contributed by atoms with Gasteiger partial charge in [-0.05, 0) is 44.0 Å². The van der Waals surface area contributed by atoms with E-state index < -0.39 is 5.91 Å². The topological polar surface area (TPSA) is 75.4 Å². The smallest absolute Gasteiger partial charge is 0.251 e. The second-order valence-corrected chi connectivity index (χ2v) is 9.33. The molecule has 2 heterocycles. The molecular formula is C21H27N3O2S2. The zero-order valence-corrected chi connectivity index (χ0v) is 18.0. The maximum Gasteiger partial charge on any atom is 0.251 e. The van der Waals surface area contributed by atoms with E-state index in [9.17, 15) is 9.59 Å². The summed E-state index contributed by atoms with van der Waals surface area (Å²) in [5, 5.41) is 3.55. The maximum absolute atomic E-state index is 12.4. The van der Waals surface area contributed by atoms with Crippen molar-refractivity contribution in [2.75, 3.05) is 24.2 Å². The Morgan fingerprint density at radius 2 is 2.04 bits per heavy atom. The van der Waals surface area contributed by atoms with Crippen LogP contribution in [0.2, 0.25) is 0 Å². The van der Waals surface area contributed by atoms with E-state index in [0.29, 0.717) is 22.7 Å². The standard InChI is InChI=1S/C21H27N3O2S2/c1-3-10-24-11-8-16-17(13-24)28-21(19(16)20(22)26)23-18(25)9-12-27-15-6-4-14(2)5-7-15/h4-7H,3,8-13H2,1-2H3,(H2,22,26)(H,23,25). The van der Waals surface area contributed by atoms with Gasteiger partial charge < -0.3 is 11.1 Å². The molecule has 0 unspecified atom stereocenters. The van der Waals surface area contributed by atoms with Crippen LogP contribution in [-0.4, -0.2) is 35.6 Å². The quantitative estimate of drug-likeness (QED) is 0.636. The third-order valence-corrected chi connectivity index (χ3v) is 6.94. The molecule has 5 nitrogen and oxygen atoms in total. The molecule has 3 N–H and O–H groups in total. The Kier molecular flexibility index (Phi) is 7.15. The minimum absolute atomic E-state index is 0.0777. The average molecular weight is 418 g/mol. The number of benzene rings is 1. The van der Waals surface area contributed by atoms with E-state index in [1.807, 2.05) is 0 Å². The molecule has 28 heavy (non-hydrogen) atoms. The Bertz CT molecular complexity index is 846. The molecule has 2 aromatic rings. The van der Waals surface area contributed by atoms with Crippen molar-refractivity contribution < 1.29 is 9.59 Å². The molecule has 0 spiro atoms. The van der Waals surface area contributed by atoms with Crippen molar-refractivity contribution in [2.45, 2.75) is 44.6 Å². The third kappa shape index (κ3) is 5.16. The first-order valence-corrected chi connectivity index (χ1v) is 11.4. The number of rotatable bonds is 8. The summed E-state index contributed by atoms with van der Waals surface area (Å²) in [5.41, 5.74) is 8.39. The number of hydrogen-bond acceptors (Lipinski definition) is 5. The Hall–Kier alpha value is -1.83. The van der Waals surface area contributed by atoms with Crippen molar-refractivity contribution in [3.63, 3.8) is 0 Å². The van der Waals surface area contributed by atoms with E-state index in [1.165, 1.54) is 16.9 Å². The Balaban J connectivity index is 1.62. The number of nitrogens with zero attached hydrogens (tertiary/aromatic N) is 1. The summed E-state index contributed by atoms with van der Waals surface area (Å²) in [5.74, 6) is 0.160. The van der Waals surface area contributed by atoms with Crippen LogP contribution in [0.4, 0.5) is 5.00 Å². The number of carbonyl (C=O) groups excluding carboxylic acids is 2. The molecule has 0 fully saturated rings. The summed E-state index contributed by atoms with van der Waals surface area (Å²) in [6, 6.07) is 8.27. The highest BCUT2D eigenvalue weighted by atomic mass is 32.2. The van der Waals surface area contributed by atoms with Gasteiger partial charge in [0.1, 0.15) is 5.00 Å². The second-order valence-electron chi connectivity index (χ2n) is 7.06. The van der Waals surface area contributed by atoms with Gasteiger partial charge in [-0.25, -0.2) is 0 Å². The fourth-order valence-corrected chi connectivity index (χ4v) is 5.56. The largest absolute Gasteiger partial charge is 0.365 e. The van der Waals surface area contributed by atoms with E-state index in [2.05, 4.69) is 48.3 Å². The number of carbonyl (C=O) groups is 2. The average Bonchev–Trinajstić information content (AvgIpc) is 3.00. The van der Waals surface area contributed by atoms with Crippen molar-refractivity contribution >= 4 is 39.9 Å². The van der Waals surface area contributed by atoms with Crippen LogP contribution in [-0.2, 0) is 17.8 Å². The molecule has 1 aromatic heterocycles. The highest BCUT2D eigenvalue weighted by molar-refractivity contribution is 7.99. The van der Waals surface area contributed by atoms with Gasteiger partial charge in [0, 0.05) is 35.0 Å². The Morgan fingerprint density at radius 3 is 2.71 bits per heavy atom. The Labute approximate surface area is 174 Å². The summed E-state index contributed by atoms with van der Waals surface area (Å²) >= 11 is 3.15. The first-order valence-electron chi connectivity index (χ1n) is 9.64. The number of nitrogens with two attached hydrogens (primary N) is 1. The van der Waals surface area contributed by atoms with Crippen LogP contribution in [0.5, 0.6) is 0 Å². The van der Waals surface area contributed by atoms with Gasteiger partial charge >= 0.3 is 0 Å². The van der Waals surface area contributed by atoms with E-state index in [-0.39, 0.29) is 5.91 Å². The zero-order chi connectivity index (χ0) is 20.1. The van der Waals surface area contributed by atoms with Gasteiger partial charge in [0.2, 0.25) is 5.91 Å². The van der Waals surface area contributed by atoms with Gasteiger partial charge in [-0.3, -0.25) is 14.5 Å².